The zero-order valence-corrected chi connectivity index (χ0v) is 97.0. The number of nitrogens with zero attached hydrogens (tertiary/aromatic N) is 10. The fourth-order valence-corrected chi connectivity index (χ4v) is 14.9. The number of benzene rings is 9. The molecule has 754 valence electrons. The van der Waals surface area contributed by atoms with Gasteiger partial charge in [-0.2, -0.15) is 0 Å². The van der Waals surface area contributed by atoms with Gasteiger partial charge in [0, 0.05) is 168 Å². The van der Waals surface area contributed by atoms with Gasteiger partial charge < -0.3 is 61.8 Å². The number of pyridine rings is 2. The largest absolute Gasteiger partial charge is 2.00 e. The Morgan fingerprint density at radius 3 is 0.573 bits per heavy atom. The summed E-state index contributed by atoms with van der Waals surface area (Å²) in [5, 5.41) is 0. The van der Waals surface area contributed by atoms with Gasteiger partial charge in [0.1, 0.15) is 11.4 Å². The molecule has 10 aromatic heterocycles. The van der Waals surface area contributed by atoms with Crippen LogP contribution in [-0.2, 0) is 43.6 Å². The normalized spacial score (nSPS) is 12.4. The molecule has 16 bridgehead atoms. The molecule has 0 atom stereocenters. The summed E-state index contributed by atoms with van der Waals surface area (Å²) in [5.74, 6) is 0. The van der Waals surface area contributed by atoms with E-state index in [1.54, 1.807) is 0 Å². The van der Waals surface area contributed by atoms with Crippen molar-refractivity contribution in [3.63, 3.8) is 0 Å². The molecule has 0 radical (unpaired) electrons. The Morgan fingerprint density at radius 1 is 0.213 bits per heavy atom. The minimum Gasteiger partial charge on any atom is -2.00 e. The summed E-state index contributed by atoms with van der Waals surface area (Å²) in [5.41, 5.74) is 29.6. The van der Waals surface area contributed by atoms with Crippen LogP contribution < -0.4 is 77.6 Å². The monoisotopic (exact) mass is 2420 g/mol. The van der Waals surface area contributed by atoms with Crippen molar-refractivity contribution >= 4 is 95.2 Å². The molecule has 0 spiro atoms. The van der Waals surface area contributed by atoms with Crippen LogP contribution in [0.15, 0.2) is 419 Å². The van der Waals surface area contributed by atoms with E-state index in [1.807, 2.05) is 317 Å². The molecule has 0 amide bonds. The Balaban J connectivity index is 0.000000362. The molecule has 8 N–H and O–H groups in total. The predicted octanol–water partition coefficient (Wildman–Crippen LogP) is 18.0. The summed E-state index contributed by atoms with van der Waals surface area (Å²) in [6, 6.07) is 122. The van der Waals surface area contributed by atoms with Crippen molar-refractivity contribution in [2.24, 2.45) is 30.0 Å². The molecule has 0 saturated heterocycles. The Kier molecular flexibility index (Phi) is 53.2. The van der Waals surface area contributed by atoms with Gasteiger partial charge in [-0.05, 0) is 185 Å². The van der Waals surface area contributed by atoms with E-state index in [-0.39, 0.29) is 144 Å². The first-order valence-corrected chi connectivity index (χ1v) is 47.8. The molecule has 22 nitrogen and oxygen atoms in total. The summed E-state index contributed by atoms with van der Waals surface area (Å²) in [4.78, 5) is 76.4. The van der Waals surface area contributed by atoms with Crippen molar-refractivity contribution in [2.75, 3.05) is 0 Å². The molecule has 150 heavy (non-hydrogen) atoms. The maximum Gasteiger partial charge on any atom is 1.00 e. The number of fused-ring (bicyclic) bond motifs is 20. The molecule has 21 rings (SSSR count). The maximum absolute atomic E-state index is 4.98. The van der Waals surface area contributed by atoms with Gasteiger partial charge in [-0.1, -0.05) is 298 Å². The van der Waals surface area contributed by atoms with Crippen LogP contribution >= 0.6 is 0 Å². The van der Waals surface area contributed by atoms with Crippen molar-refractivity contribution in [1.29, 1.82) is 0 Å². The van der Waals surface area contributed by atoms with Crippen LogP contribution in [0.5, 0.6) is 0 Å². The molecule has 2 aliphatic heterocycles. The van der Waals surface area contributed by atoms with E-state index in [9.17, 15) is 0 Å². The third-order valence-corrected chi connectivity index (χ3v) is 24.5. The Morgan fingerprint density at radius 2 is 0.387 bits per heavy atom. The topological polar surface area (TPSA) is 364 Å². The minimum atomic E-state index is -0.371. The number of aromatic nitrogens is 10. The predicted molar refractivity (Wildman–Crippen MR) is 590 cm³/mol. The van der Waals surface area contributed by atoms with Gasteiger partial charge in [-0.3, -0.25) is 30.0 Å². The Bertz CT molecular complexity index is 5930. The van der Waals surface area contributed by atoms with Crippen LogP contribution in [0.2, 0.25) is 0 Å². The number of aromatic amines is 6. The van der Waals surface area contributed by atoms with E-state index in [4.69, 9.17) is 49.9 Å². The van der Waals surface area contributed by atoms with E-state index in [2.05, 4.69) is 272 Å². The van der Waals surface area contributed by atoms with Crippen molar-refractivity contribution < 1.29 is 142 Å². The minimum absolute atomic E-state index is 0. The van der Waals surface area contributed by atoms with Gasteiger partial charge in [0.05, 0.1) is 57.9 Å². The Labute approximate surface area is 954 Å². The number of aryl methyl sites for hydroxylation is 8. The maximum atomic E-state index is 4.98. The van der Waals surface area contributed by atoms with Crippen molar-refractivity contribution in [3.05, 3.63) is 524 Å². The zero-order valence-electron chi connectivity index (χ0n) is 88.7. The van der Waals surface area contributed by atoms with Crippen LogP contribution in [0, 0.1) is 118 Å². The summed E-state index contributed by atoms with van der Waals surface area (Å²) in [6.45, 7) is 34.2. The number of nitrogens with one attached hydrogen (secondary N) is 8. The van der Waals surface area contributed by atoms with Crippen LogP contribution in [0.1, 0.15) is 191 Å². The van der Waals surface area contributed by atoms with E-state index >= 15 is 0 Å². The molecule has 26 heteroatoms. The van der Waals surface area contributed by atoms with E-state index in [0.29, 0.717) is 0 Å². The first-order valence-electron chi connectivity index (χ1n) is 47.8. The number of hydrogen-bond acceptors (Lipinski definition) is 6. The second-order valence-corrected chi connectivity index (χ2v) is 36.6. The van der Waals surface area contributed by atoms with Gasteiger partial charge in [0.25, 0.3) is 11.4 Å². The third-order valence-electron chi connectivity index (χ3n) is 24.5. The number of hydrogen-bond donors (Lipinski definition) is 6. The quantitative estimate of drug-likeness (QED) is 0.0806. The average Bonchev–Trinajstić information content (AvgIpc) is 1.65. The van der Waals surface area contributed by atoms with E-state index < -0.39 is 0 Å². The van der Waals surface area contributed by atoms with Gasteiger partial charge in [0.2, 0.25) is 0 Å². The van der Waals surface area contributed by atoms with Crippen molar-refractivity contribution in [3.8, 4) is 0 Å². The Hall–Kier alpha value is -14.0. The number of rotatable bonds is 0. The standard InChI is InChI=1S/2C42H42N8.5C6H6.2C5H5N.2Li.4O.2U/c2*1-25-17-33-34(18-26(25)2)44-22-30-10-14-38(48-30)42(7,8)40-16-12-32(50-40)24-46-36-20-28(4)27(3)19-35(36)45-23-31-11-15-39(49-31)41(5,6)37-13-9-29(47-37)21-43-33;7*1-2-4-6-5-3-1;;;;;;;;/h2*9-24,47-48H,1-8H3;5*1-6H;2*1-5H;;;;;;;;/q2*-2;;;;;;;;2*+1;4*-2;;/p+4. The van der Waals surface area contributed by atoms with Crippen LogP contribution in [0.25, 0.3) is 0 Å². The molecule has 2 aliphatic rings. The average molecular weight is 2420 g/mol. The molecule has 0 saturated carbocycles. The second-order valence-electron chi connectivity index (χ2n) is 36.6. The first kappa shape index (κ1) is 126. The van der Waals surface area contributed by atoms with E-state index in [1.165, 1.54) is 11.1 Å². The molecular formula is C124H128Li2N18O4U2-6. The fraction of sp³-hybridized carbons (Fsp3) is 0.161. The van der Waals surface area contributed by atoms with Crippen LogP contribution in [0.4, 0.5) is 45.5 Å². The molecular weight excluding hydrogens is 2300 g/mol. The molecule has 0 aliphatic carbocycles. The molecule has 9 aromatic carbocycles. The van der Waals surface area contributed by atoms with Gasteiger partial charge in [-0.25, -0.2) is 20.0 Å². The molecule has 19 aromatic rings. The zero-order chi connectivity index (χ0) is 100. The van der Waals surface area contributed by atoms with Gasteiger partial charge in [-0.15, -0.1) is 45.6 Å². The summed E-state index contributed by atoms with van der Waals surface area (Å²) >= 11 is 0. The number of H-pyrrole nitrogens is 6. The second kappa shape index (κ2) is 63.1. The van der Waals surface area contributed by atoms with Crippen molar-refractivity contribution in [1.82, 2.24) is 39.9 Å². The number of aliphatic imine (C=N–C) groups is 6. The first-order chi connectivity index (χ1) is 68.7. The summed E-state index contributed by atoms with van der Waals surface area (Å²) in [7, 11) is 0. The third kappa shape index (κ3) is 37.3. The SMILES string of the molecule is Cc1cc2c(cc1C)N=Cc1ccc([n-]1)C(C)(C)c1ccc([nH]1)C=Nc1cc(C)c(C)cc1N=Cc1ccc([nH]1)C(C)(C)c1ccc([n-]1)C=N2.Cc1cc2c(cc1C)N=Cc1ccc([n-]1)C(C)(C)c1ccc([nH]1)C=[NH+]c1cc(C)c(C)cc1[NH+]=Cc1ccc([nH]1)C(C)(C)c1ccc([n-]1)C=N2.[Li+].[Li+].[O-2].[O-2].[O-2].[O-2].[U].[U].c1cc[nH+]cc1.c1cc[nH+]cc1.c1ccccc1.c1ccccc1.c1ccccc1.c1ccccc1.c1ccccc1. The van der Waals surface area contributed by atoms with Gasteiger partial charge >= 0.3 is 37.7 Å². The van der Waals surface area contributed by atoms with Crippen LogP contribution in [0.3, 0.4) is 0 Å². The molecule has 0 unspecified atom stereocenters. The van der Waals surface area contributed by atoms with Crippen LogP contribution in [-0.4, -0.2) is 69.7 Å². The molecule has 0 fully saturated rings. The smallest absolute Gasteiger partial charge is 1.00 e. The van der Waals surface area contributed by atoms with Gasteiger partial charge in [0.15, 0.2) is 37.2 Å². The van der Waals surface area contributed by atoms with E-state index in [0.717, 1.165) is 170 Å². The fourth-order valence-electron chi connectivity index (χ4n) is 14.9. The summed E-state index contributed by atoms with van der Waals surface area (Å²) in [6.07, 6.45) is 22.5. The summed E-state index contributed by atoms with van der Waals surface area (Å²) < 4.78 is 0. The molecule has 12 heterocycles. The van der Waals surface area contributed by atoms with Crippen molar-refractivity contribution in [2.45, 2.75) is 132 Å².